The van der Waals surface area contributed by atoms with Crippen molar-refractivity contribution >= 4 is 0 Å². The Bertz CT molecular complexity index is 467. The quantitative estimate of drug-likeness (QED) is 0.794. The highest BCUT2D eigenvalue weighted by Crippen LogP contribution is 2.39. The van der Waals surface area contributed by atoms with Gasteiger partial charge in [-0.25, -0.2) is 0 Å². The van der Waals surface area contributed by atoms with Crippen LogP contribution in [0.5, 0.6) is 5.75 Å². The number of aliphatic hydroxyl groups excluding tert-OH is 1. The molecule has 3 nitrogen and oxygen atoms in total. The van der Waals surface area contributed by atoms with Crippen molar-refractivity contribution in [3.05, 3.63) is 28.8 Å². The minimum Gasteiger partial charge on any atom is -0.507 e. The number of nitrogens with two attached hydrogens (primary N) is 1. The second-order valence-electron chi connectivity index (χ2n) is 7.58. The molecule has 0 heterocycles. The van der Waals surface area contributed by atoms with Crippen LogP contribution < -0.4 is 5.73 Å². The molecule has 0 spiro atoms. The highest BCUT2D eigenvalue weighted by molar-refractivity contribution is 5.49. The van der Waals surface area contributed by atoms with E-state index in [0.717, 1.165) is 16.7 Å². The molecule has 0 aromatic heterocycles. The molecule has 0 saturated heterocycles. The molecule has 0 aliphatic heterocycles. The monoisotopic (exact) mass is 279 g/mol. The topological polar surface area (TPSA) is 66.5 Å². The van der Waals surface area contributed by atoms with E-state index in [4.69, 9.17) is 10.8 Å². The molecular weight excluding hydrogens is 250 g/mol. The Labute approximate surface area is 122 Å². The van der Waals surface area contributed by atoms with Crippen molar-refractivity contribution in [3.8, 4) is 5.75 Å². The Hall–Kier alpha value is -1.06. The van der Waals surface area contributed by atoms with E-state index in [1.165, 1.54) is 0 Å². The standard InChI is InChI=1S/C17H29NO2/c1-16(2,3)11-9-12(14(18)7-8-19)15(20)13(10-11)17(4,5)6/h9-10,14,19-20H,7-8,18H2,1-6H3/t14-/m1/s1. The molecule has 0 aliphatic carbocycles. The van der Waals surface area contributed by atoms with Crippen LogP contribution in [0, 0.1) is 0 Å². The van der Waals surface area contributed by atoms with Crippen LogP contribution in [0.15, 0.2) is 12.1 Å². The zero-order valence-electron chi connectivity index (χ0n) is 13.6. The van der Waals surface area contributed by atoms with E-state index in [9.17, 15) is 5.11 Å². The second-order valence-corrected chi connectivity index (χ2v) is 7.58. The Morgan fingerprint density at radius 1 is 1.05 bits per heavy atom. The fraction of sp³-hybridized carbons (Fsp3) is 0.647. The Morgan fingerprint density at radius 2 is 1.60 bits per heavy atom. The molecule has 1 atom stereocenters. The van der Waals surface area contributed by atoms with E-state index >= 15 is 0 Å². The first kappa shape index (κ1) is 17.0. The summed E-state index contributed by atoms with van der Waals surface area (Å²) in [6.07, 6.45) is 0.449. The van der Waals surface area contributed by atoms with Gasteiger partial charge < -0.3 is 15.9 Å². The molecule has 0 aliphatic rings. The van der Waals surface area contributed by atoms with Gasteiger partial charge in [0.05, 0.1) is 0 Å². The van der Waals surface area contributed by atoms with Crippen LogP contribution in [-0.4, -0.2) is 16.8 Å². The van der Waals surface area contributed by atoms with E-state index in [1.807, 2.05) is 6.07 Å². The van der Waals surface area contributed by atoms with Gasteiger partial charge in [0.25, 0.3) is 0 Å². The van der Waals surface area contributed by atoms with E-state index in [1.54, 1.807) is 0 Å². The molecule has 1 aromatic carbocycles. The number of phenolic OH excluding ortho intramolecular Hbond substituents is 1. The van der Waals surface area contributed by atoms with E-state index in [-0.39, 0.29) is 29.2 Å². The van der Waals surface area contributed by atoms with Gasteiger partial charge in [-0.15, -0.1) is 0 Å². The minimum absolute atomic E-state index is 0.0125. The summed E-state index contributed by atoms with van der Waals surface area (Å²) < 4.78 is 0. The molecule has 0 radical (unpaired) electrons. The van der Waals surface area contributed by atoms with Gasteiger partial charge in [0.15, 0.2) is 0 Å². The number of aromatic hydroxyl groups is 1. The molecule has 0 fully saturated rings. The second kappa shape index (κ2) is 5.74. The molecule has 0 unspecified atom stereocenters. The first-order valence-corrected chi connectivity index (χ1v) is 7.22. The van der Waals surface area contributed by atoms with Crippen LogP contribution >= 0.6 is 0 Å². The lowest BCUT2D eigenvalue weighted by atomic mass is 9.78. The molecule has 4 N–H and O–H groups in total. The van der Waals surface area contributed by atoms with Gasteiger partial charge >= 0.3 is 0 Å². The van der Waals surface area contributed by atoms with E-state index < -0.39 is 0 Å². The van der Waals surface area contributed by atoms with E-state index in [0.29, 0.717) is 6.42 Å². The maximum absolute atomic E-state index is 10.6. The summed E-state index contributed by atoms with van der Waals surface area (Å²) in [5.74, 6) is 0.270. The third kappa shape index (κ3) is 3.74. The van der Waals surface area contributed by atoms with Gasteiger partial charge in [-0.1, -0.05) is 47.6 Å². The predicted molar refractivity (Wildman–Crippen MR) is 84.1 cm³/mol. The highest BCUT2D eigenvalue weighted by atomic mass is 16.3. The number of benzene rings is 1. The predicted octanol–water partition coefficient (Wildman–Crippen LogP) is 3.37. The van der Waals surface area contributed by atoms with Gasteiger partial charge in [-0.2, -0.15) is 0 Å². The van der Waals surface area contributed by atoms with Crippen molar-refractivity contribution in [3.63, 3.8) is 0 Å². The van der Waals surface area contributed by atoms with Crippen molar-refractivity contribution in [2.45, 2.75) is 64.8 Å². The van der Waals surface area contributed by atoms with Crippen LogP contribution in [0.1, 0.15) is 70.7 Å². The summed E-state index contributed by atoms with van der Waals surface area (Å²) in [5.41, 5.74) is 8.74. The largest absolute Gasteiger partial charge is 0.507 e. The molecule has 0 saturated carbocycles. The SMILES string of the molecule is CC(C)(C)c1cc([C@H](N)CCO)c(O)c(C(C)(C)C)c1. The first-order chi connectivity index (χ1) is 8.98. The van der Waals surface area contributed by atoms with Gasteiger partial charge in [0.2, 0.25) is 0 Å². The van der Waals surface area contributed by atoms with Crippen molar-refractivity contribution in [2.24, 2.45) is 5.73 Å². The minimum atomic E-state index is -0.344. The van der Waals surface area contributed by atoms with Gasteiger partial charge in [0, 0.05) is 18.2 Å². The molecule has 0 amide bonds. The summed E-state index contributed by atoms with van der Waals surface area (Å²) in [7, 11) is 0. The summed E-state index contributed by atoms with van der Waals surface area (Å²) >= 11 is 0. The summed E-state index contributed by atoms with van der Waals surface area (Å²) in [5, 5.41) is 19.6. The van der Waals surface area contributed by atoms with Crippen molar-refractivity contribution in [1.82, 2.24) is 0 Å². The maximum atomic E-state index is 10.6. The molecule has 20 heavy (non-hydrogen) atoms. The number of hydrogen-bond acceptors (Lipinski definition) is 3. The van der Waals surface area contributed by atoms with Crippen LogP contribution in [0.4, 0.5) is 0 Å². The Morgan fingerprint density at radius 3 is 2.00 bits per heavy atom. The third-order valence-electron chi connectivity index (χ3n) is 3.65. The molecular formula is C17H29NO2. The zero-order valence-corrected chi connectivity index (χ0v) is 13.6. The van der Waals surface area contributed by atoms with Crippen LogP contribution in [0.2, 0.25) is 0 Å². The zero-order chi connectivity index (χ0) is 15.7. The van der Waals surface area contributed by atoms with Crippen LogP contribution in [-0.2, 0) is 10.8 Å². The summed E-state index contributed by atoms with van der Waals surface area (Å²) in [6, 6.07) is 3.71. The average molecular weight is 279 g/mol. The Balaban J connectivity index is 3.51. The molecule has 1 aromatic rings. The van der Waals surface area contributed by atoms with Crippen LogP contribution in [0.25, 0.3) is 0 Å². The van der Waals surface area contributed by atoms with E-state index in [2.05, 4.69) is 47.6 Å². The first-order valence-electron chi connectivity index (χ1n) is 7.22. The van der Waals surface area contributed by atoms with Gasteiger partial charge in [-0.05, 0) is 34.4 Å². The average Bonchev–Trinajstić information content (AvgIpc) is 2.26. The number of hydrogen-bond donors (Lipinski definition) is 3. The number of phenols is 1. The van der Waals surface area contributed by atoms with Crippen molar-refractivity contribution < 1.29 is 10.2 Å². The lowest BCUT2D eigenvalue weighted by Gasteiger charge is -2.28. The fourth-order valence-corrected chi connectivity index (χ4v) is 2.24. The molecule has 114 valence electrons. The lowest BCUT2D eigenvalue weighted by molar-refractivity contribution is 0.275. The van der Waals surface area contributed by atoms with Gasteiger partial charge in [0.1, 0.15) is 5.75 Å². The molecule has 0 bridgehead atoms. The summed E-state index contributed by atoms with van der Waals surface area (Å²) in [6.45, 7) is 12.7. The highest BCUT2D eigenvalue weighted by Gasteiger charge is 2.26. The maximum Gasteiger partial charge on any atom is 0.124 e. The van der Waals surface area contributed by atoms with Crippen LogP contribution in [0.3, 0.4) is 0 Å². The third-order valence-corrected chi connectivity index (χ3v) is 3.65. The molecule has 1 rings (SSSR count). The molecule has 3 heteroatoms. The van der Waals surface area contributed by atoms with Crippen molar-refractivity contribution in [1.29, 1.82) is 0 Å². The summed E-state index contributed by atoms with van der Waals surface area (Å²) in [4.78, 5) is 0. The number of aliphatic hydroxyl groups is 1. The Kier molecular flexibility index (Phi) is 4.88. The van der Waals surface area contributed by atoms with Crippen molar-refractivity contribution in [2.75, 3.05) is 6.61 Å². The smallest absolute Gasteiger partial charge is 0.124 e. The fourth-order valence-electron chi connectivity index (χ4n) is 2.24. The van der Waals surface area contributed by atoms with Gasteiger partial charge in [-0.3, -0.25) is 0 Å². The number of rotatable bonds is 3. The lowest BCUT2D eigenvalue weighted by Crippen LogP contribution is -2.20. The normalized spacial score (nSPS) is 14.4.